The van der Waals surface area contributed by atoms with E-state index in [0.29, 0.717) is 17.7 Å². The summed E-state index contributed by atoms with van der Waals surface area (Å²) in [5.74, 6) is 0. The fourth-order valence-electron chi connectivity index (χ4n) is 1.97. The molecule has 2 aromatic heterocycles. The lowest BCUT2D eigenvalue weighted by atomic mass is 10.1. The molecule has 0 aliphatic carbocycles. The monoisotopic (exact) mass is 355 g/mol. The number of aromatic nitrogens is 1. The van der Waals surface area contributed by atoms with Gasteiger partial charge in [0, 0.05) is 45.1 Å². The summed E-state index contributed by atoms with van der Waals surface area (Å²) in [5, 5.41) is 16.3. The number of nitrogens with zero attached hydrogens (tertiary/aromatic N) is 2. The lowest BCUT2D eigenvalue weighted by Gasteiger charge is -2.08. The van der Waals surface area contributed by atoms with Gasteiger partial charge in [-0.3, -0.25) is 15.1 Å². The van der Waals surface area contributed by atoms with Gasteiger partial charge in [-0.1, -0.05) is 0 Å². The lowest BCUT2D eigenvalue weighted by molar-refractivity contribution is -0.386. The number of nitrogens with one attached hydrogen (secondary N) is 1. The Hall–Kier alpha value is -1.31. The molecule has 7 heteroatoms. The molecule has 2 aromatic rings. The van der Waals surface area contributed by atoms with E-state index in [1.165, 1.54) is 4.88 Å². The summed E-state index contributed by atoms with van der Waals surface area (Å²) in [7, 11) is 0. The standard InChI is InChI=1S/C13H14BrN3O2S/c1-8-4-16-12(9(2)13(8)17(18)19)6-15-5-11-3-10(14)7-20-11/h3-4,7,15H,5-6H2,1-2H3. The minimum Gasteiger partial charge on any atom is -0.306 e. The SMILES string of the molecule is Cc1cnc(CNCc2cc(Br)cs2)c(C)c1[N+](=O)[O-]. The van der Waals surface area contributed by atoms with Crippen molar-refractivity contribution in [2.75, 3.05) is 0 Å². The normalized spacial score (nSPS) is 10.8. The Morgan fingerprint density at radius 2 is 2.20 bits per heavy atom. The molecule has 0 radical (unpaired) electrons. The number of pyridine rings is 1. The number of aryl methyl sites for hydroxylation is 1. The first-order valence-corrected chi connectivity index (χ1v) is 7.69. The van der Waals surface area contributed by atoms with E-state index in [4.69, 9.17) is 0 Å². The summed E-state index contributed by atoms with van der Waals surface area (Å²) in [6.07, 6.45) is 1.56. The van der Waals surface area contributed by atoms with Gasteiger partial charge in [0.25, 0.3) is 5.69 Å². The molecular weight excluding hydrogens is 342 g/mol. The van der Waals surface area contributed by atoms with Crippen LogP contribution in [0.2, 0.25) is 0 Å². The molecule has 0 atom stereocenters. The molecule has 20 heavy (non-hydrogen) atoms. The van der Waals surface area contributed by atoms with Gasteiger partial charge in [0.2, 0.25) is 0 Å². The van der Waals surface area contributed by atoms with Crippen molar-refractivity contribution >= 4 is 33.0 Å². The second-order valence-corrected chi connectivity index (χ2v) is 6.36. The van der Waals surface area contributed by atoms with Crippen LogP contribution < -0.4 is 5.32 Å². The van der Waals surface area contributed by atoms with Crippen LogP contribution in [0.15, 0.2) is 22.1 Å². The van der Waals surface area contributed by atoms with Crippen LogP contribution in [0.25, 0.3) is 0 Å². The smallest absolute Gasteiger partial charge is 0.278 e. The highest BCUT2D eigenvalue weighted by molar-refractivity contribution is 9.10. The molecule has 106 valence electrons. The molecule has 0 fully saturated rings. The third-order valence-electron chi connectivity index (χ3n) is 2.97. The first-order valence-electron chi connectivity index (χ1n) is 6.02. The average molecular weight is 356 g/mol. The number of halogens is 1. The van der Waals surface area contributed by atoms with Crippen LogP contribution in [0.1, 0.15) is 21.7 Å². The molecule has 2 heterocycles. The Morgan fingerprint density at radius 3 is 2.80 bits per heavy atom. The molecule has 0 unspecified atom stereocenters. The summed E-state index contributed by atoms with van der Waals surface area (Å²) >= 11 is 5.07. The van der Waals surface area contributed by atoms with Gasteiger partial charge in [0.05, 0.1) is 10.6 Å². The molecule has 0 amide bonds. The number of nitro groups is 1. The van der Waals surface area contributed by atoms with Crippen molar-refractivity contribution in [1.82, 2.24) is 10.3 Å². The van der Waals surface area contributed by atoms with E-state index in [1.54, 1.807) is 31.4 Å². The minimum absolute atomic E-state index is 0.163. The molecule has 0 spiro atoms. The Morgan fingerprint density at radius 1 is 1.45 bits per heavy atom. The van der Waals surface area contributed by atoms with E-state index in [9.17, 15) is 10.1 Å². The molecule has 0 aliphatic rings. The summed E-state index contributed by atoms with van der Waals surface area (Å²) < 4.78 is 1.07. The van der Waals surface area contributed by atoms with Crippen LogP contribution >= 0.6 is 27.3 Å². The molecule has 2 rings (SSSR count). The fraction of sp³-hybridized carbons (Fsp3) is 0.308. The minimum atomic E-state index is -0.341. The zero-order chi connectivity index (χ0) is 14.7. The lowest BCUT2D eigenvalue weighted by Crippen LogP contribution is -2.15. The Kier molecular flexibility index (Phi) is 4.85. The molecular formula is C13H14BrN3O2S. The van der Waals surface area contributed by atoms with Gasteiger partial charge in [-0.2, -0.15) is 0 Å². The van der Waals surface area contributed by atoms with Gasteiger partial charge < -0.3 is 5.32 Å². The van der Waals surface area contributed by atoms with Crippen molar-refractivity contribution in [3.05, 3.63) is 53.9 Å². The maximum atomic E-state index is 11.0. The van der Waals surface area contributed by atoms with Gasteiger partial charge in [0.15, 0.2) is 0 Å². The summed E-state index contributed by atoms with van der Waals surface area (Å²) in [6.45, 7) is 4.69. The second-order valence-electron chi connectivity index (χ2n) is 4.45. The first-order chi connectivity index (χ1) is 9.49. The van der Waals surface area contributed by atoms with Crippen molar-refractivity contribution < 1.29 is 4.92 Å². The number of hydrogen-bond donors (Lipinski definition) is 1. The highest BCUT2D eigenvalue weighted by atomic mass is 79.9. The summed E-state index contributed by atoms with van der Waals surface area (Å²) in [5.41, 5.74) is 2.11. The van der Waals surface area contributed by atoms with Crippen LogP contribution in [0, 0.1) is 24.0 Å². The van der Waals surface area contributed by atoms with Gasteiger partial charge in [-0.25, -0.2) is 0 Å². The van der Waals surface area contributed by atoms with Crippen molar-refractivity contribution in [3.8, 4) is 0 Å². The van der Waals surface area contributed by atoms with Crippen LogP contribution in [0.5, 0.6) is 0 Å². The molecule has 0 saturated heterocycles. The van der Waals surface area contributed by atoms with Gasteiger partial charge in [-0.05, 0) is 35.8 Å². The van der Waals surface area contributed by atoms with Gasteiger partial charge in [0.1, 0.15) is 0 Å². The highest BCUT2D eigenvalue weighted by Crippen LogP contribution is 2.24. The quantitative estimate of drug-likeness (QED) is 0.655. The number of thiophene rings is 1. The van der Waals surface area contributed by atoms with Crippen molar-refractivity contribution in [3.63, 3.8) is 0 Å². The summed E-state index contributed by atoms with van der Waals surface area (Å²) in [4.78, 5) is 16.2. The van der Waals surface area contributed by atoms with E-state index < -0.39 is 0 Å². The Labute approximate surface area is 129 Å². The van der Waals surface area contributed by atoms with Crippen molar-refractivity contribution in [1.29, 1.82) is 0 Å². The molecule has 1 N–H and O–H groups in total. The van der Waals surface area contributed by atoms with Crippen LogP contribution in [0.3, 0.4) is 0 Å². The predicted molar refractivity (Wildman–Crippen MR) is 82.9 cm³/mol. The first kappa shape index (κ1) is 15.1. The van der Waals surface area contributed by atoms with E-state index in [1.807, 2.05) is 5.38 Å². The summed E-state index contributed by atoms with van der Waals surface area (Å²) in [6, 6.07) is 2.05. The zero-order valence-corrected chi connectivity index (χ0v) is 13.5. The third kappa shape index (κ3) is 3.41. The molecule has 5 nitrogen and oxygen atoms in total. The van der Waals surface area contributed by atoms with E-state index >= 15 is 0 Å². The van der Waals surface area contributed by atoms with Gasteiger partial charge >= 0.3 is 0 Å². The second kappa shape index (κ2) is 6.43. The molecule has 0 saturated carbocycles. The van der Waals surface area contributed by atoms with Crippen LogP contribution in [-0.4, -0.2) is 9.91 Å². The maximum absolute atomic E-state index is 11.0. The molecule has 0 bridgehead atoms. The molecule has 0 aliphatic heterocycles. The van der Waals surface area contributed by atoms with Crippen LogP contribution in [0.4, 0.5) is 5.69 Å². The third-order valence-corrected chi connectivity index (χ3v) is 4.67. The highest BCUT2D eigenvalue weighted by Gasteiger charge is 2.18. The fourth-order valence-corrected chi connectivity index (χ4v) is 3.40. The van der Waals surface area contributed by atoms with Gasteiger partial charge in [-0.15, -0.1) is 11.3 Å². The number of hydrogen-bond acceptors (Lipinski definition) is 5. The van der Waals surface area contributed by atoms with E-state index in [2.05, 4.69) is 32.3 Å². The van der Waals surface area contributed by atoms with E-state index in [-0.39, 0.29) is 10.6 Å². The van der Waals surface area contributed by atoms with Crippen molar-refractivity contribution in [2.24, 2.45) is 0 Å². The topological polar surface area (TPSA) is 68.1 Å². The number of rotatable bonds is 5. The predicted octanol–water partition coefficient (Wildman–Crippen LogP) is 3.72. The average Bonchev–Trinajstić information content (AvgIpc) is 2.77. The van der Waals surface area contributed by atoms with Crippen LogP contribution in [-0.2, 0) is 13.1 Å². The van der Waals surface area contributed by atoms with Crippen molar-refractivity contribution in [2.45, 2.75) is 26.9 Å². The maximum Gasteiger partial charge on any atom is 0.278 e. The zero-order valence-electron chi connectivity index (χ0n) is 11.1. The Bertz CT molecular complexity index is 643. The Balaban J connectivity index is 2.06. The van der Waals surface area contributed by atoms with E-state index in [0.717, 1.165) is 16.7 Å². The largest absolute Gasteiger partial charge is 0.306 e. The molecule has 0 aromatic carbocycles.